The molecule has 4 saturated heterocycles. The van der Waals surface area contributed by atoms with Crippen molar-refractivity contribution in [1.29, 1.82) is 5.41 Å². The first kappa shape index (κ1) is 41.2. The van der Waals surface area contributed by atoms with Crippen LogP contribution in [0.3, 0.4) is 0 Å². The number of benzene rings is 1. The number of nitrogens with two attached hydrogens (primary N) is 1. The van der Waals surface area contributed by atoms with Gasteiger partial charge in [-0.3, -0.25) is 39.1 Å². The lowest BCUT2D eigenvalue weighted by Gasteiger charge is -2.37. The molecular weight excluding hydrogens is 788 g/mol. The summed E-state index contributed by atoms with van der Waals surface area (Å²) in [5.41, 5.74) is 7.85. The summed E-state index contributed by atoms with van der Waals surface area (Å²) < 4.78 is 8.73. The summed E-state index contributed by atoms with van der Waals surface area (Å²) in [6, 6.07) is 7.08. The number of aromatic nitrogens is 4. The molecule has 17 nitrogen and oxygen atoms in total. The Morgan fingerprint density at radius 3 is 2.58 bits per heavy atom. The number of carbonyl (C=O) groups excluding carboxylic acids is 3. The van der Waals surface area contributed by atoms with Crippen molar-refractivity contribution in [1.82, 2.24) is 44.9 Å². The quantitative estimate of drug-likeness (QED) is 0.0804. The van der Waals surface area contributed by atoms with Crippen molar-refractivity contribution in [3.8, 4) is 11.8 Å². The van der Waals surface area contributed by atoms with E-state index in [0.29, 0.717) is 30.1 Å². The lowest BCUT2D eigenvalue weighted by molar-refractivity contribution is -0.135. The first-order chi connectivity index (χ1) is 29.1. The summed E-state index contributed by atoms with van der Waals surface area (Å²) in [7, 11) is 1.69. The van der Waals surface area contributed by atoms with E-state index in [4.69, 9.17) is 27.5 Å². The van der Waals surface area contributed by atoms with Crippen molar-refractivity contribution in [2.45, 2.75) is 69.2 Å². The fraction of sp³-hybridized carbons (Fsp3) is 0.500. The number of amides is 3. The highest BCUT2D eigenvalue weighted by Crippen LogP contribution is 2.32. The molecule has 2 aromatic heterocycles. The fourth-order valence-electron chi connectivity index (χ4n) is 9.14. The number of allylic oxidation sites excluding steroid dienone is 1. The Labute approximate surface area is 352 Å². The number of rotatable bonds is 11. The largest absolute Gasteiger partial charge is 0.404 e. The summed E-state index contributed by atoms with van der Waals surface area (Å²) in [6.45, 7) is 6.81. The van der Waals surface area contributed by atoms with Crippen molar-refractivity contribution in [2.75, 3.05) is 57.3 Å². The molecule has 2 bridgehead atoms. The van der Waals surface area contributed by atoms with Crippen LogP contribution in [0, 0.1) is 23.2 Å². The molecule has 316 valence electrons. The Morgan fingerprint density at radius 2 is 1.88 bits per heavy atom. The zero-order chi connectivity index (χ0) is 41.9. The molecule has 0 radical (unpaired) electrons. The first-order valence-corrected chi connectivity index (χ1v) is 21.1. The summed E-state index contributed by atoms with van der Waals surface area (Å²) in [6.07, 6.45) is 10.1. The van der Waals surface area contributed by atoms with Crippen LogP contribution in [-0.4, -0.2) is 122 Å². The molecule has 18 heteroatoms. The van der Waals surface area contributed by atoms with E-state index in [1.807, 2.05) is 24.3 Å². The third-order valence-corrected chi connectivity index (χ3v) is 12.6. The van der Waals surface area contributed by atoms with Crippen LogP contribution in [0.2, 0.25) is 0 Å². The summed E-state index contributed by atoms with van der Waals surface area (Å²) in [4.78, 5) is 66.9. The number of hydrogen-bond acceptors (Lipinski definition) is 13. The van der Waals surface area contributed by atoms with Crippen LogP contribution < -0.4 is 32.3 Å². The summed E-state index contributed by atoms with van der Waals surface area (Å²) >= 11 is 6.12. The molecule has 3 atom stereocenters. The van der Waals surface area contributed by atoms with E-state index in [0.717, 1.165) is 82.8 Å². The third-order valence-electron chi connectivity index (χ3n) is 12.4. The fourth-order valence-corrected chi connectivity index (χ4v) is 9.24. The summed E-state index contributed by atoms with van der Waals surface area (Å²) in [5, 5.41) is 16.3. The lowest BCUT2D eigenvalue weighted by Crippen LogP contribution is -2.48. The molecular formula is C42H51ClN12O5. The average Bonchev–Trinajstić information content (AvgIpc) is 3.95. The van der Waals surface area contributed by atoms with Gasteiger partial charge in [-0.25, -0.2) is 14.8 Å². The number of piperazine rings is 1. The number of aryl methyl sites for hydroxylation is 1. The maximum atomic E-state index is 13.4. The minimum atomic E-state index is -0.735. The van der Waals surface area contributed by atoms with Gasteiger partial charge in [-0.1, -0.05) is 29.5 Å². The van der Waals surface area contributed by atoms with Gasteiger partial charge in [0.2, 0.25) is 11.8 Å². The topological polar surface area (TPSA) is 209 Å². The van der Waals surface area contributed by atoms with Crippen LogP contribution >= 0.6 is 11.6 Å². The highest BCUT2D eigenvalue weighted by molar-refractivity contribution is 6.68. The number of anilines is 1. The molecule has 4 aliphatic heterocycles. The van der Waals surface area contributed by atoms with Gasteiger partial charge in [0.05, 0.1) is 53.2 Å². The number of nitrogens with one attached hydrogen (secondary N) is 4. The summed E-state index contributed by atoms with van der Waals surface area (Å²) in [5.74, 6) is 6.76. The molecule has 1 saturated carbocycles. The molecule has 1 unspecified atom stereocenters. The molecule has 0 spiro atoms. The lowest BCUT2D eigenvalue weighted by atomic mass is 9.85. The number of ether oxygens (including phenoxy) is 1. The normalized spacial score (nSPS) is 25.2. The third kappa shape index (κ3) is 8.83. The van der Waals surface area contributed by atoms with Gasteiger partial charge < -0.3 is 30.9 Å². The Bertz CT molecular complexity index is 2350. The molecule has 1 aromatic carbocycles. The molecule has 1 aliphatic carbocycles. The van der Waals surface area contributed by atoms with Crippen LogP contribution in [-0.2, 0) is 26.2 Å². The van der Waals surface area contributed by atoms with E-state index >= 15 is 0 Å². The predicted molar refractivity (Wildman–Crippen MR) is 227 cm³/mol. The second-order valence-corrected chi connectivity index (χ2v) is 16.6. The van der Waals surface area contributed by atoms with Crippen LogP contribution in [0.1, 0.15) is 62.4 Å². The van der Waals surface area contributed by atoms with E-state index < -0.39 is 17.9 Å². The van der Waals surface area contributed by atoms with E-state index in [9.17, 15) is 19.2 Å². The van der Waals surface area contributed by atoms with Gasteiger partial charge in [-0.2, -0.15) is 0 Å². The molecule has 6 N–H and O–H groups in total. The predicted octanol–water partition coefficient (Wildman–Crippen LogP) is 1.38. The Kier molecular flexibility index (Phi) is 12.3. The Balaban J connectivity index is 0.785. The van der Waals surface area contributed by atoms with E-state index in [1.165, 1.54) is 15.3 Å². The number of carbonyl (C=O) groups is 3. The number of fused-ring (bicyclic) bond motifs is 3. The zero-order valence-electron chi connectivity index (χ0n) is 33.7. The zero-order valence-corrected chi connectivity index (χ0v) is 34.4. The molecule has 60 heavy (non-hydrogen) atoms. The van der Waals surface area contributed by atoms with E-state index in [1.54, 1.807) is 19.4 Å². The number of piperidine rings is 1. The number of hydrogen-bond donors (Lipinski definition) is 5. The molecule has 3 aromatic rings. The van der Waals surface area contributed by atoms with Crippen LogP contribution in [0.4, 0.5) is 5.82 Å². The van der Waals surface area contributed by atoms with Gasteiger partial charge in [-0.15, -0.1) is 0 Å². The van der Waals surface area contributed by atoms with E-state index in [2.05, 4.69) is 52.5 Å². The monoisotopic (exact) mass is 838 g/mol. The van der Waals surface area contributed by atoms with Crippen LogP contribution in [0.15, 0.2) is 53.4 Å². The minimum Gasteiger partial charge on any atom is -0.404 e. The van der Waals surface area contributed by atoms with Crippen molar-refractivity contribution >= 4 is 56.9 Å². The number of imide groups is 1. The van der Waals surface area contributed by atoms with Gasteiger partial charge in [0, 0.05) is 77.4 Å². The van der Waals surface area contributed by atoms with Crippen molar-refractivity contribution < 1.29 is 19.1 Å². The standard InChI is InChI=1S/C42H51ClN12O5/c1-51-37-27(4-2-6-33(37)55(42(51)59)34-11-12-36(56)50-41(34)58)5-3-15-52-16-18-53(19-17-52)23-26-7-9-28(10-8-26)47-22-32(38(43)45)48-40(57)31(21-44)39-46-14-13-35(49-39)54-24-30-20-29(54)25-60-30/h2,4,6,13-14,21-22,26,28-30,34,45,47H,7-12,15-20,23-25,44H2,1H3,(H,48,57)(H,50,56,58)/b31-21?,32-22+,45-38?/t26?,28?,29-,30-,34?/m1/s1. The second-order valence-electron chi connectivity index (χ2n) is 16.3. The van der Waals surface area contributed by atoms with Gasteiger partial charge in [0.15, 0.2) is 5.82 Å². The van der Waals surface area contributed by atoms with Gasteiger partial charge >= 0.3 is 5.69 Å². The Morgan fingerprint density at radius 1 is 1.10 bits per heavy atom. The highest BCUT2D eigenvalue weighted by atomic mass is 35.5. The average molecular weight is 839 g/mol. The van der Waals surface area contributed by atoms with Crippen LogP contribution in [0.25, 0.3) is 16.6 Å². The smallest absolute Gasteiger partial charge is 0.329 e. The molecule has 5 aliphatic rings. The SMILES string of the molecule is Cn1c(=O)n(C2CCC(=O)NC2=O)c2cccc(C#CCN3CCN(CC4CCC(N/C=C(/NC(=O)C(=CN)c5nccc(N6C[C@H]7C[C@@H]6CO7)n5)C(=N)Cl)CC4)CC3)c21. The minimum absolute atomic E-state index is 0.0824. The van der Waals surface area contributed by atoms with Crippen LogP contribution in [0.5, 0.6) is 0 Å². The number of imidazole rings is 1. The molecule has 3 amide bonds. The highest BCUT2D eigenvalue weighted by Gasteiger charge is 2.40. The number of nitrogens with zero attached hydrogens (tertiary/aromatic N) is 7. The van der Waals surface area contributed by atoms with Gasteiger partial charge in [0.1, 0.15) is 17.0 Å². The Hall–Kier alpha value is -5.54. The van der Waals surface area contributed by atoms with E-state index in [-0.39, 0.29) is 64.9 Å². The molecule has 6 heterocycles. The van der Waals surface area contributed by atoms with Crippen molar-refractivity contribution in [3.63, 3.8) is 0 Å². The van der Waals surface area contributed by atoms with Gasteiger partial charge in [0.25, 0.3) is 5.91 Å². The maximum absolute atomic E-state index is 13.4. The maximum Gasteiger partial charge on any atom is 0.329 e. The van der Waals surface area contributed by atoms with Gasteiger partial charge in [-0.05, 0) is 62.6 Å². The molecule has 5 fully saturated rings. The van der Waals surface area contributed by atoms with Crippen molar-refractivity contribution in [2.24, 2.45) is 18.7 Å². The second kappa shape index (κ2) is 18.0. The number of morpholine rings is 1. The first-order valence-electron chi connectivity index (χ1n) is 20.7. The number of para-hydroxylation sites is 1. The van der Waals surface area contributed by atoms with Crippen molar-refractivity contribution in [3.05, 3.63) is 70.4 Å². The number of halogens is 1. The molecule has 8 rings (SSSR count).